The zero-order valence-corrected chi connectivity index (χ0v) is 9.81. The fourth-order valence-electron chi connectivity index (χ4n) is 1.38. The number of halogens is 1. The number of rotatable bonds is 3. The third-order valence-corrected chi connectivity index (χ3v) is 2.52. The normalized spacial score (nSPS) is 13.0. The van der Waals surface area contributed by atoms with Gasteiger partial charge in [0.2, 0.25) is 0 Å². The summed E-state index contributed by atoms with van der Waals surface area (Å²) in [6.45, 7) is 0. The molecule has 2 rings (SSSR count). The van der Waals surface area contributed by atoms with Crippen LogP contribution in [0.15, 0.2) is 33.5 Å². The zero-order valence-electron chi connectivity index (χ0n) is 8.22. The van der Waals surface area contributed by atoms with Crippen molar-refractivity contribution < 1.29 is 9.52 Å². The van der Waals surface area contributed by atoms with Crippen molar-refractivity contribution in [1.82, 2.24) is 9.78 Å². The molecule has 1 unspecified atom stereocenters. The smallest absolute Gasteiger partial charge is 0.169 e. The Kier molecular flexibility index (Phi) is 2.93. The van der Waals surface area contributed by atoms with E-state index >= 15 is 0 Å². The lowest BCUT2D eigenvalue weighted by Gasteiger charge is -2.04. The number of hydrogen-bond donors (Lipinski definition) is 1. The van der Waals surface area contributed by atoms with Crippen LogP contribution < -0.4 is 0 Å². The Hall–Kier alpha value is -1.07. The van der Waals surface area contributed by atoms with Crippen LogP contribution in [0.5, 0.6) is 0 Å². The van der Waals surface area contributed by atoms with E-state index in [-0.39, 0.29) is 0 Å². The molecule has 0 aliphatic rings. The van der Waals surface area contributed by atoms with Crippen LogP contribution in [0.3, 0.4) is 0 Å². The van der Waals surface area contributed by atoms with Crippen LogP contribution in [0.2, 0.25) is 0 Å². The van der Waals surface area contributed by atoms with Crippen LogP contribution in [-0.4, -0.2) is 14.9 Å². The third-order valence-electron chi connectivity index (χ3n) is 2.09. The van der Waals surface area contributed by atoms with E-state index in [1.807, 2.05) is 19.3 Å². The van der Waals surface area contributed by atoms with E-state index in [1.54, 1.807) is 16.8 Å². The fraction of sp³-hybridized carbons (Fsp3) is 0.300. The second kappa shape index (κ2) is 4.20. The molecule has 0 bridgehead atoms. The Labute approximate surface area is 95.6 Å². The lowest BCUT2D eigenvalue weighted by Crippen LogP contribution is -2.01. The van der Waals surface area contributed by atoms with Crippen LogP contribution in [0.4, 0.5) is 0 Å². The highest BCUT2D eigenvalue weighted by Crippen LogP contribution is 2.22. The Balaban J connectivity index is 2.06. The molecule has 80 valence electrons. The zero-order chi connectivity index (χ0) is 10.8. The van der Waals surface area contributed by atoms with Crippen molar-refractivity contribution in [2.24, 2.45) is 7.05 Å². The average Bonchev–Trinajstić information content (AvgIpc) is 2.75. The van der Waals surface area contributed by atoms with Gasteiger partial charge in [-0.25, -0.2) is 0 Å². The predicted molar refractivity (Wildman–Crippen MR) is 58.3 cm³/mol. The van der Waals surface area contributed by atoms with Crippen molar-refractivity contribution in [3.63, 3.8) is 0 Å². The van der Waals surface area contributed by atoms with Crippen LogP contribution in [0, 0.1) is 0 Å². The van der Waals surface area contributed by atoms with Gasteiger partial charge in [-0.1, -0.05) is 0 Å². The monoisotopic (exact) mass is 270 g/mol. The highest BCUT2D eigenvalue weighted by molar-refractivity contribution is 9.10. The van der Waals surface area contributed by atoms with Crippen LogP contribution in [-0.2, 0) is 13.5 Å². The standard InChI is InChI=1S/C10H11BrN2O2/c1-13-5-4-7(12-13)6-8(14)9-2-3-10(11)15-9/h2-5,8,14H,6H2,1H3. The first-order valence-corrected chi connectivity index (χ1v) is 5.36. The van der Waals surface area contributed by atoms with Gasteiger partial charge in [-0.2, -0.15) is 5.10 Å². The number of aliphatic hydroxyl groups is 1. The molecule has 0 saturated heterocycles. The maximum atomic E-state index is 9.83. The van der Waals surface area contributed by atoms with Gasteiger partial charge in [0.25, 0.3) is 0 Å². The van der Waals surface area contributed by atoms with Crippen LogP contribution in [0.25, 0.3) is 0 Å². The highest BCUT2D eigenvalue weighted by Gasteiger charge is 2.13. The Morgan fingerprint density at radius 2 is 2.33 bits per heavy atom. The van der Waals surface area contributed by atoms with Crippen LogP contribution in [0.1, 0.15) is 17.6 Å². The maximum absolute atomic E-state index is 9.83. The number of nitrogens with zero attached hydrogens (tertiary/aromatic N) is 2. The van der Waals surface area contributed by atoms with Gasteiger partial charge in [0.15, 0.2) is 4.67 Å². The molecule has 2 aromatic heterocycles. The number of furan rings is 1. The molecule has 2 heterocycles. The van der Waals surface area contributed by atoms with Gasteiger partial charge in [-0.05, 0) is 34.1 Å². The van der Waals surface area contributed by atoms with Crippen molar-refractivity contribution in [2.45, 2.75) is 12.5 Å². The fourth-order valence-corrected chi connectivity index (χ4v) is 1.70. The molecular formula is C10H11BrN2O2. The molecule has 0 amide bonds. The van der Waals surface area contributed by atoms with Gasteiger partial charge < -0.3 is 9.52 Å². The molecule has 0 radical (unpaired) electrons. The number of aryl methyl sites for hydroxylation is 1. The molecular weight excluding hydrogens is 260 g/mol. The minimum Gasteiger partial charge on any atom is -0.452 e. The van der Waals surface area contributed by atoms with E-state index in [1.165, 1.54) is 0 Å². The van der Waals surface area contributed by atoms with E-state index in [0.29, 0.717) is 16.9 Å². The summed E-state index contributed by atoms with van der Waals surface area (Å²) in [5, 5.41) is 14.0. The maximum Gasteiger partial charge on any atom is 0.169 e. The SMILES string of the molecule is Cn1ccc(CC(O)c2ccc(Br)o2)n1. The predicted octanol–water partition coefficient (Wildman–Crippen LogP) is 2.05. The van der Waals surface area contributed by atoms with Gasteiger partial charge in [-0.3, -0.25) is 4.68 Å². The molecule has 1 N–H and O–H groups in total. The third kappa shape index (κ3) is 2.49. The molecule has 0 aliphatic carbocycles. The Bertz CT molecular complexity index is 450. The first kappa shape index (κ1) is 10.4. The molecule has 0 saturated carbocycles. The molecule has 0 spiro atoms. The topological polar surface area (TPSA) is 51.2 Å². The molecule has 2 aromatic rings. The molecule has 0 aliphatic heterocycles. The number of aromatic nitrogens is 2. The summed E-state index contributed by atoms with van der Waals surface area (Å²) in [5.41, 5.74) is 0.845. The largest absolute Gasteiger partial charge is 0.452 e. The first-order valence-electron chi connectivity index (χ1n) is 4.57. The van der Waals surface area contributed by atoms with Crippen LogP contribution >= 0.6 is 15.9 Å². The molecule has 4 nitrogen and oxygen atoms in total. The van der Waals surface area contributed by atoms with E-state index in [4.69, 9.17) is 4.42 Å². The quantitative estimate of drug-likeness (QED) is 0.929. The summed E-state index contributed by atoms with van der Waals surface area (Å²) in [6, 6.07) is 5.38. The summed E-state index contributed by atoms with van der Waals surface area (Å²) in [6.07, 6.45) is 1.66. The second-order valence-corrected chi connectivity index (χ2v) is 4.12. The molecule has 1 atom stereocenters. The molecule has 0 fully saturated rings. The highest BCUT2D eigenvalue weighted by atomic mass is 79.9. The van der Waals surface area contributed by atoms with Crippen molar-refractivity contribution in [2.75, 3.05) is 0 Å². The number of aliphatic hydroxyl groups excluding tert-OH is 1. The Morgan fingerprint density at radius 3 is 2.87 bits per heavy atom. The average molecular weight is 271 g/mol. The van der Waals surface area contributed by atoms with Gasteiger partial charge in [-0.15, -0.1) is 0 Å². The van der Waals surface area contributed by atoms with Crippen molar-refractivity contribution in [1.29, 1.82) is 0 Å². The minimum atomic E-state index is -0.647. The van der Waals surface area contributed by atoms with Gasteiger partial charge in [0, 0.05) is 19.7 Å². The summed E-state index contributed by atoms with van der Waals surface area (Å²) in [7, 11) is 1.85. The summed E-state index contributed by atoms with van der Waals surface area (Å²) in [5.74, 6) is 0.549. The van der Waals surface area contributed by atoms with Crippen molar-refractivity contribution in [3.05, 3.63) is 40.5 Å². The molecule has 15 heavy (non-hydrogen) atoms. The van der Waals surface area contributed by atoms with Crippen molar-refractivity contribution >= 4 is 15.9 Å². The summed E-state index contributed by atoms with van der Waals surface area (Å²) < 4.78 is 7.59. The molecule has 0 aromatic carbocycles. The minimum absolute atomic E-state index is 0.459. The summed E-state index contributed by atoms with van der Waals surface area (Å²) in [4.78, 5) is 0. The van der Waals surface area contributed by atoms with E-state index in [9.17, 15) is 5.11 Å². The summed E-state index contributed by atoms with van der Waals surface area (Å²) >= 11 is 3.19. The van der Waals surface area contributed by atoms with Crippen molar-refractivity contribution in [3.8, 4) is 0 Å². The van der Waals surface area contributed by atoms with E-state index < -0.39 is 6.10 Å². The Morgan fingerprint density at radius 1 is 1.53 bits per heavy atom. The van der Waals surface area contributed by atoms with Gasteiger partial charge >= 0.3 is 0 Å². The van der Waals surface area contributed by atoms with E-state index in [0.717, 1.165) is 5.69 Å². The first-order chi connectivity index (χ1) is 7.15. The lowest BCUT2D eigenvalue weighted by atomic mass is 10.1. The van der Waals surface area contributed by atoms with Gasteiger partial charge in [0.1, 0.15) is 11.9 Å². The molecule has 5 heteroatoms. The lowest BCUT2D eigenvalue weighted by molar-refractivity contribution is 0.147. The number of hydrogen-bond acceptors (Lipinski definition) is 3. The van der Waals surface area contributed by atoms with Gasteiger partial charge in [0.05, 0.1) is 5.69 Å². The van der Waals surface area contributed by atoms with E-state index in [2.05, 4.69) is 21.0 Å². The second-order valence-electron chi connectivity index (χ2n) is 3.34.